The molecule has 0 radical (unpaired) electrons. The molecular formula is C27H21N9O4S. The molecule has 0 unspecified atom stereocenters. The van der Waals surface area contributed by atoms with Crippen LogP contribution in [0.2, 0.25) is 0 Å². The van der Waals surface area contributed by atoms with E-state index in [1.165, 1.54) is 22.7 Å². The van der Waals surface area contributed by atoms with Crippen LogP contribution in [0.5, 0.6) is 5.75 Å². The molecule has 204 valence electrons. The fourth-order valence-electron chi connectivity index (χ4n) is 4.04. The highest BCUT2D eigenvalue weighted by molar-refractivity contribution is 7.98. The van der Waals surface area contributed by atoms with E-state index < -0.39 is 5.91 Å². The van der Waals surface area contributed by atoms with E-state index in [2.05, 4.69) is 36.1 Å². The fraction of sp³-hybridized carbons (Fsp3) is 0.0741. The average molecular weight is 568 g/mol. The molecule has 0 aliphatic rings. The topological polar surface area (TPSA) is 172 Å². The van der Waals surface area contributed by atoms with Gasteiger partial charge in [-0.1, -0.05) is 59.4 Å². The largest absolute Gasteiger partial charge is 0.496 e. The van der Waals surface area contributed by atoms with Crippen molar-refractivity contribution >= 4 is 40.8 Å². The van der Waals surface area contributed by atoms with Gasteiger partial charge in [-0.2, -0.15) is 9.78 Å². The number of rotatable bonds is 9. The van der Waals surface area contributed by atoms with Crippen LogP contribution in [0.25, 0.3) is 28.2 Å². The Morgan fingerprint density at radius 3 is 2.73 bits per heavy atom. The highest BCUT2D eigenvalue weighted by Crippen LogP contribution is 2.30. The van der Waals surface area contributed by atoms with Crippen LogP contribution in [0.4, 0.5) is 5.82 Å². The van der Waals surface area contributed by atoms with Gasteiger partial charge in [0.25, 0.3) is 11.1 Å². The van der Waals surface area contributed by atoms with Crippen molar-refractivity contribution in [2.75, 3.05) is 12.8 Å². The fourth-order valence-corrected chi connectivity index (χ4v) is 4.85. The molecule has 0 saturated heterocycles. The molecule has 0 aliphatic heterocycles. The number of nitrogen functional groups attached to an aromatic ring is 1. The summed E-state index contributed by atoms with van der Waals surface area (Å²) in [6, 6.07) is 22.3. The maximum atomic E-state index is 13.1. The summed E-state index contributed by atoms with van der Waals surface area (Å²) in [7, 11) is 1.61. The van der Waals surface area contributed by atoms with Gasteiger partial charge in [-0.15, -0.1) is 5.10 Å². The summed E-state index contributed by atoms with van der Waals surface area (Å²) in [6.45, 7) is 0. The maximum Gasteiger partial charge on any atom is 0.294 e. The molecular weight excluding hydrogens is 546 g/mol. The summed E-state index contributed by atoms with van der Waals surface area (Å²) in [5.74, 6) is 0.789. The van der Waals surface area contributed by atoms with Gasteiger partial charge in [0.15, 0.2) is 11.3 Å². The summed E-state index contributed by atoms with van der Waals surface area (Å²) >= 11 is 1.45. The van der Waals surface area contributed by atoms with Crippen LogP contribution in [0.3, 0.4) is 0 Å². The number of carbonyl (C=O) groups is 1. The predicted molar refractivity (Wildman–Crippen MR) is 151 cm³/mol. The number of hydrogen-bond donors (Lipinski definition) is 2. The van der Waals surface area contributed by atoms with Crippen molar-refractivity contribution in [3.63, 3.8) is 0 Å². The van der Waals surface area contributed by atoms with Gasteiger partial charge in [0.1, 0.15) is 17.0 Å². The summed E-state index contributed by atoms with van der Waals surface area (Å²) in [5.41, 5.74) is 12.6. The molecule has 3 N–H and O–H groups in total. The second-order valence-electron chi connectivity index (χ2n) is 8.54. The number of ether oxygens (including phenoxy) is 1. The number of hydrogen-bond acceptors (Lipinski definition) is 12. The zero-order chi connectivity index (χ0) is 28.2. The number of hydrazone groups is 1. The zero-order valence-corrected chi connectivity index (χ0v) is 22.3. The summed E-state index contributed by atoms with van der Waals surface area (Å²) in [5, 5.41) is 20.2. The molecule has 0 fully saturated rings. The maximum absolute atomic E-state index is 13.1. The van der Waals surface area contributed by atoms with Crippen LogP contribution in [-0.4, -0.2) is 49.5 Å². The smallest absolute Gasteiger partial charge is 0.294 e. The van der Waals surface area contributed by atoms with E-state index in [1.807, 2.05) is 60.7 Å². The number of fused-ring (bicyclic) bond motifs is 1. The Morgan fingerprint density at radius 2 is 1.95 bits per heavy atom. The first kappa shape index (κ1) is 25.8. The van der Waals surface area contributed by atoms with E-state index in [-0.39, 0.29) is 17.3 Å². The Bertz CT molecular complexity index is 1830. The molecule has 6 aromatic rings. The van der Waals surface area contributed by atoms with Gasteiger partial charge in [0.05, 0.1) is 13.3 Å². The number of para-hydroxylation sites is 2. The number of carbonyl (C=O) groups excluding carboxylic acids is 1. The Kier molecular flexibility index (Phi) is 7.11. The molecule has 0 saturated carbocycles. The van der Waals surface area contributed by atoms with Crippen molar-refractivity contribution in [3.05, 3.63) is 89.6 Å². The van der Waals surface area contributed by atoms with Crippen molar-refractivity contribution in [3.8, 4) is 22.8 Å². The third kappa shape index (κ3) is 5.35. The lowest BCUT2D eigenvalue weighted by Gasteiger charge is -2.08. The summed E-state index contributed by atoms with van der Waals surface area (Å²) in [4.78, 5) is 17.6. The van der Waals surface area contributed by atoms with Crippen LogP contribution in [-0.2, 0) is 5.75 Å². The van der Waals surface area contributed by atoms with Gasteiger partial charge in [-0.3, -0.25) is 4.79 Å². The lowest BCUT2D eigenvalue weighted by atomic mass is 10.1. The Labute approximate surface area is 236 Å². The van der Waals surface area contributed by atoms with Crippen molar-refractivity contribution in [1.82, 2.24) is 35.7 Å². The molecule has 14 heteroatoms. The lowest BCUT2D eigenvalue weighted by Crippen LogP contribution is -2.19. The molecule has 0 bridgehead atoms. The van der Waals surface area contributed by atoms with Crippen molar-refractivity contribution in [2.45, 2.75) is 11.0 Å². The number of nitrogens with zero attached hydrogens (tertiary/aromatic N) is 7. The molecule has 0 aliphatic carbocycles. The first-order chi connectivity index (χ1) is 20.1. The van der Waals surface area contributed by atoms with Gasteiger partial charge in [-0.05, 0) is 46.2 Å². The van der Waals surface area contributed by atoms with Gasteiger partial charge >= 0.3 is 0 Å². The first-order valence-corrected chi connectivity index (χ1v) is 13.2. The molecule has 3 aromatic carbocycles. The standard InChI is InChI=1S/C27H21N9O4S/c1-38-20-12-11-16(13-18(20)15-41-27-30-19-9-5-6-10-21(19)39-27)14-29-32-26(37)22-23(17-7-3-2-4-8-17)36(35-31-22)25-24(28)33-40-34-25/h2-14H,15H2,1H3,(H2,28,33)(H,32,37). The molecule has 0 spiro atoms. The number of thioether (sulfide) groups is 1. The van der Waals surface area contributed by atoms with Gasteiger partial charge in [0.2, 0.25) is 11.6 Å². The first-order valence-electron chi connectivity index (χ1n) is 12.2. The number of aromatic nitrogens is 6. The van der Waals surface area contributed by atoms with Crippen molar-refractivity contribution in [2.24, 2.45) is 5.10 Å². The number of benzene rings is 3. The van der Waals surface area contributed by atoms with Gasteiger partial charge in [-0.25, -0.2) is 15.0 Å². The van der Waals surface area contributed by atoms with E-state index in [9.17, 15) is 4.79 Å². The Balaban J connectivity index is 1.20. The number of methoxy groups -OCH3 is 1. The lowest BCUT2D eigenvalue weighted by molar-refractivity contribution is 0.0950. The number of nitrogens with one attached hydrogen (secondary N) is 1. The molecule has 41 heavy (non-hydrogen) atoms. The van der Waals surface area contributed by atoms with Crippen LogP contribution in [0.15, 0.2) is 92.2 Å². The van der Waals surface area contributed by atoms with Crippen LogP contribution < -0.4 is 15.9 Å². The Morgan fingerprint density at radius 1 is 1.12 bits per heavy atom. The number of amides is 1. The molecule has 3 aromatic heterocycles. The highest BCUT2D eigenvalue weighted by atomic mass is 32.2. The molecule has 6 rings (SSSR count). The second-order valence-corrected chi connectivity index (χ2v) is 9.47. The minimum atomic E-state index is -0.582. The molecule has 1 amide bonds. The monoisotopic (exact) mass is 567 g/mol. The van der Waals surface area contributed by atoms with E-state index in [4.69, 9.17) is 19.5 Å². The molecule has 3 heterocycles. The second kappa shape index (κ2) is 11.3. The normalized spacial score (nSPS) is 11.3. The number of oxazole rings is 1. The molecule has 13 nitrogen and oxygen atoms in total. The number of nitrogens with two attached hydrogens (primary N) is 1. The number of anilines is 1. The van der Waals surface area contributed by atoms with Gasteiger partial charge < -0.3 is 14.9 Å². The Hall–Kier alpha value is -5.50. The van der Waals surface area contributed by atoms with Crippen LogP contribution >= 0.6 is 11.8 Å². The SMILES string of the molecule is COc1ccc(C=NNC(=O)c2nnn(-c3nonc3N)c2-c2ccccc2)cc1CSc1nc2ccccc2o1. The van der Waals surface area contributed by atoms with Crippen molar-refractivity contribution in [1.29, 1.82) is 0 Å². The zero-order valence-electron chi connectivity index (χ0n) is 21.5. The average Bonchev–Trinajstić information content (AvgIpc) is 3.74. The third-order valence-electron chi connectivity index (χ3n) is 5.94. The third-order valence-corrected chi connectivity index (χ3v) is 6.82. The van der Waals surface area contributed by atoms with E-state index in [1.54, 1.807) is 19.2 Å². The van der Waals surface area contributed by atoms with E-state index in [0.29, 0.717) is 28.0 Å². The quantitative estimate of drug-likeness (QED) is 0.146. The minimum absolute atomic E-state index is 0.00152. The van der Waals surface area contributed by atoms with Crippen molar-refractivity contribution < 1.29 is 18.6 Å². The minimum Gasteiger partial charge on any atom is -0.496 e. The van der Waals surface area contributed by atoms with Crippen LogP contribution in [0, 0.1) is 0 Å². The highest BCUT2D eigenvalue weighted by Gasteiger charge is 2.25. The molecule has 0 atom stereocenters. The van der Waals surface area contributed by atoms with Crippen LogP contribution in [0.1, 0.15) is 21.6 Å². The predicted octanol–water partition coefficient (Wildman–Crippen LogP) is 4.11. The van der Waals surface area contributed by atoms with E-state index >= 15 is 0 Å². The summed E-state index contributed by atoms with van der Waals surface area (Å²) in [6.07, 6.45) is 1.52. The van der Waals surface area contributed by atoms with Gasteiger partial charge in [0, 0.05) is 16.9 Å². The van der Waals surface area contributed by atoms with E-state index in [0.717, 1.165) is 22.2 Å². The summed E-state index contributed by atoms with van der Waals surface area (Å²) < 4.78 is 17.3.